The van der Waals surface area contributed by atoms with E-state index in [1.165, 1.54) is 6.20 Å². The smallest absolute Gasteiger partial charge is 0.250 e. The Labute approximate surface area is 121 Å². The Hall–Kier alpha value is -2.27. The molecule has 2 aromatic rings. The number of nitrogen functional groups attached to an aromatic ring is 1. The summed E-state index contributed by atoms with van der Waals surface area (Å²) < 4.78 is 0. The van der Waals surface area contributed by atoms with Crippen LogP contribution < -0.4 is 16.8 Å². The summed E-state index contributed by atoms with van der Waals surface area (Å²) in [4.78, 5) is 15.4. The van der Waals surface area contributed by atoms with Crippen LogP contribution in [0.25, 0.3) is 0 Å². The van der Waals surface area contributed by atoms with E-state index in [1.54, 1.807) is 6.07 Å². The summed E-state index contributed by atoms with van der Waals surface area (Å²) in [5, 5.41) is 3.87. The second kappa shape index (κ2) is 5.79. The lowest BCUT2D eigenvalue weighted by molar-refractivity contribution is 0.100. The fraction of sp³-hybridized carbons (Fsp3) is 0.143. The Kier molecular flexibility index (Phi) is 4.10. The Bertz CT molecular complexity index is 628. The molecular formula is C14H15ClN4O. The molecule has 0 aliphatic rings. The number of amides is 1. The highest BCUT2D eigenvalue weighted by Crippen LogP contribution is 2.21. The van der Waals surface area contributed by atoms with Gasteiger partial charge in [-0.2, -0.15) is 0 Å². The van der Waals surface area contributed by atoms with Crippen molar-refractivity contribution >= 4 is 29.0 Å². The number of primary amides is 1. The van der Waals surface area contributed by atoms with E-state index < -0.39 is 5.91 Å². The van der Waals surface area contributed by atoms with E-state index in [-0.39, 0.29) is 17.3 Å². The molecule has 1 aromatic heterocycles. The molecule has 20 heavy (non-hydrogen) atoms. The summed E-state index contributed by atoms with van der Waals surface area (Å²) in [6, 6.07) is 9.03. The van der Waals surface area contributed by atoms with Gasteiger partial charge < -0.3 is 16.8 Å². The van der Waals surface area contributed by atoms with Crippen LogP contribution in [-0.2, 0) is 0 Å². The van der Waals surface area contributed by atoms with Crippen LogP contribution in [0, 0.1) is 0 Å². The second-order valence-electron chi connectivity index (χ2n) is 4.44. The first-order valence-corrected chi connectivity index (χ1v) is 6.42. The largest absolute Gasteiger partial charge is 0.397 e. The maximum Gasteiger partial charge on any atom is 0.250 e. The van der Waals surface area contributed by atoms with Gasteiger partial charge in [0.05, 0.1) is 17.4 Å². The molecule has 5 N–H and O–H groups in total. The molecule has 104 valence electrons. The van der Waals surface area contributed by atoms with Crippen molar-refractivity contribution in [1.82, 2.24) is 4.98 Å². The molecule has 5 nitrogen and oxygen atoms in total. The third-order valence-corrected chi connectivity index (χ3v) is 3.19. The van der Waals surface area contributed by atoms with Gasteiger partial charge in [-0.1, -0.05) is 23.7 Å². The van der Waals surface area contributed by atoms with Crippen LogP contribution >= 0.6 is 11.6 Å². The van der Waals surface area contributed by atoms with Crippen LogP contribution in [0.4, 0.5) is 11.5 Å². The third-order valence-electron chi connectivity index (χ3n) is 2.93. The fourth-order valence-electron chi connectivity index (χ4n) is 1.81. The highest BCUT2D eigenvalue weighted by molar-refractivity contribution is 6.30. The maximum atomic E-state index is 11.2. The number of aromatic nitrogens is 1. The van der Waals surface area contributed by atoms with E-state index in [1.807, 2.05) is 31.2 Å². The first-order chi connectivity index (χ1) is 9.47. The number of hydrogen-bond donors (Lipinski definition) is 3. The van der Waals surface area contributed by atoms with Crippen LogP contribution in [-0.4, -0.2) is 10.9 Å². The van der Waals surface area contributed by atoms with Gasteiger partial charge in [0.15, 0.2) is 0 Å². The molecule has 1 unspecified atom stereocenters. The molecule has 0 radical (unpaired) electrons. The number of nitrogens with one attached hydrogen (secondary N) is 1. The summed E-state index contributed by atoms with van der Waals surface area (Å²) in [6.45, 7) is 1.98. The molecule has 1 heterocycles. The van der Waals surface area contributed by atoms with Crippen molar-refractivity contribution in [2.45, 2.75) is 13.0 Å². The minimum absolute atomic E-state index is 0.00381. The van der Waals surface area contributed by atoms with Gasteiger partial charge >= 0.3 is 0 Å². The molecule has 1 amide bonds. The Morgan fingerprint density at radius 1 is 1.35 bits per heavy atom. The number of anilines is 2. The van der Waals surface area contributed by atoms with Crippen LogP contribution in [0.15, 0.2) is 36.5 Å². The Morgan fingerprint density at radius 2 is 2.00 bits per heavy atom. The van der Waals surface area contributed by atoms with Crippen LogP contribution in [0.1, 0.15) is 28.9 Å². The van der Waals surface area contributed by atoms with E-state index in [0.717, 1.165) is 5.56 Å². The van der Waals surface area contributed by atoms with E-state index in [9.17, 15) is 4.79 Å². The van der Waals surface area contributed by atoms with Crippen molar-refractivity contribution in [1.29, 1.82) is 0 Å². The van der Waals surface area contributed by atoms with Crippen molar-refractivity contribution in [2.24, 2.45) is 5.73 Å². The molecule has 1 aromatic carbocycles. The van der Waals surface area contributed by atoms with Crippen LogP contribution in [0.3, 0.4) is 0 Å². The number of halogens is 1. The highest BCUT2D eigenvalue weighted by Gasteiger charge is 2.10. The molecule has 0 saturated carbocycles. The summed E-state index contributed by atoms with van der Waals surface area (Å²) >= 11 is 5.85. The molecular weight excluding hydrogens is 276 g/mol. The Morgan fingerprint density at radius 3 is 2.60 bits per heavy atom. The second-order valence-corrected chi connectivity index (χ2v) is 4.88. The van der Waals surface area contributed by atoms with Crippen molar-refractivity contribution in [3.8, 4) is 0 Å². The molecule has 0 bridgehead atoms. The summed E-state index contributed by atoms with van der Waals surface area (Å²) in [5.74, 6) is -0.0393. The molecule has 0 aliphatic carbocycles. The third kappa shape index (κ3) is 3.19. The van der Waals surface area contributed by atoms with Gasteiger partial charge in [0.25, 0.3) is 5.91 Å². The summed E-state index contributed by atoms with van der Waals surface area (Å²) in [5.41, 5.74) is 12.5. The van der Waals surface area contributed by atoms with Gasteiger partial charge in [-0.25, -0.2) is 4.98 Å². The van der Waals surface area contributed by atoms with Gasteiger partial charge in [-0.05, 0) is 30.7 Å². The minimum atomic E-state index is -0.577. The van der Waals surface area contributed by atoms with E-state index in [4.69, 9.17) is 23.1 Å². The molecule has 0 fully saturated rings. The number of pyridine rings is 1. The zero-order valence-electron chi connectivity index (χ0n) is 10.9. The lowest BCUT2D eigenvalue weighted by Crippen LogP contribution is -2.15. The van der Waals surface area contributed by atoms with Crippen LogP contribution in [0.5, 0.6) is 0 Å². The first kappa shape index (κ1) is 14.1. The molecule has 0 aliphatic heterocycles. The van der Waals surface area contributed by atoms with Crippen molar-refractivity contribution < 1.29 is 4.79 Å². The first-order valence-electron chi connectivity index (χ1n) is 6.04. The van der Waals surface area contributed by atoms with Crippen molar-refractivity contribution in [2.75, 3.05) is 11.1 Å². The predicted octanol–water partition coefficient (Wildman–Crippen LogP) is 2.59. The fourth-order valence-corrected chi connectivity index (χ4v) is 1.94. The summed E-state index contributed by atoms with van der Waals surface area (Å²) in [6.07, 6.45) is 1.41. The number of carbonyl (C=O) groups excluding carboxylic acids is 1. The number of nitrogens with zero attached hydrogens (tertiary/aromatic N) is 1. The van der Waals surface area contributed by atoms with Crippen LogP contribution in [0.2, 0.25) is 5.02 Å². The average molecular weight is 291 g/mol. The molecule has 0 saturated heterocycles. The number of nitrogens with two attached hydrogens (primary N) is 2. The van der Waals surface area contributed by atoms with E-state index in [2.05, 4.69) is 10.3 Å². The lowest BCUT2D eigenvalue weighted by atomic mass is 10.1. The monoisotopic (exact) mass is 290 g/mol. The Balaban J connectivity index is 2.19. The lowest BCUT2D eigenvalue weighted by Gasteiger charge is -2.15. The quantitative estimate of drug-likeness (QED) is 0.806. The molecule has 1 atom stereocenters. The topological polar surface area (TPSA) is 94.0 Å². The maximum absolute atomic E-state index is 11.2. The molecule has 0 spiro atoms. The van der Waals surface area contributed by atoms with Gasteiger partial charge in [0.1, 0.15) is 5.82 Å². The average Bonchev–Trinajstić information content (AvgIpc) is 2.41. The summed E-state index contributed by atoms with van der Waals surface area (Å²) in [7, 11) is 0. The number of carbonyl (C=O) groups is 1. The predicted molar refractivity (Wildman–Crippen MR) is 80.7 cm³/mol. The highest BCUT2D eigenvalue weighted by atomic mass is 35.5. The minimum Gasteiger partial charge on any atom is -0.397 e. The molecule has 2 rings (SSSR count). The zero-order valence-corrected chi connectivity index (χ0v) is 11.7. The van der Waals surface area contributed by atoms with Crippen molar-refractivity contribution in [3.05, 3.63) is 52.7 Å². The van der Waals surface area contributed by atoms with E-state index in [0.29, 0.717) is 10.8 Å². The van der Waals surface area contributed by atoms with Crippen molar-refractivity contribution in [3.63, 3.8) is 0 Å². The molecule has 6 heteroatoms. The van der Waals surface area contributed by atoms with Gasteiger partial charge in [-0.15, -0.1) is 0 Å². The number of rotatable bonds is 4. The van der Waals surface area contributed by atoms with Gasteiger partial charge in [-0.3, -0.25) is 4.79 Å². The number of hydrogen-bond acceptors (Lipinski definition) is 4. The zero-order chi connectivity index (χ0) is 14.7. The van der Waals surface area contributed by atoms with Gasteiger partial charge in [0.2, 0.25) is 0 Å². The SMILES string of the molecule is CC(Nc1cc(C(N)=O)c(N)cn1)c1ccc(Cl)cc1. The standard InChI is InChI=1S/C14H15ClN4O/c1-8(9-2-4-10(15)5-3-9)19-13-6-11(14(17)20)12(16)7-18-13/h2-8H,16H2,1H3,(H2,17,20)(H,18,19). The normalized spacial score (nSPS) is 11.9. The van der Waals surface area contributed by atoms with E-state index >= 15 is 0 Å². The number of benzene rings is 1. The van der Waals surface area contributed by atoms with Gasteiger partial charge in [0, 0.05) is 11.1 Å².